The average Bonchev–Trinajstić information content (AvgIpc) is 2.93. The fourth-order valence-electron chi connectivity index (χ4n) is 8.40. The maximum atomic E-state index is 14.1. The van der Waals surface area contributed by atoms with E-state index < -0.39 is 11.6 Å². The average molecular weight is 671 g/mol. The van der Waals surface area contributed by atoms with E-state index in [-0.39, 0.29) is 40.6 Å². The van der Waals surface area contributed by atoms with Crippen LogP contribution in [0.25, 0.3) is 0 Å². The van der Waals surface area contributed by atoms with Gasteiger partial charge in [0.2, 0.25) is 0 Å². The van der Waals surface area contributed by atoms with E-state index in [0.29, 0.717) is 36.8 Å². The molecule has 3 atom stereocenters. The van der Waals surface area contributed by atoms with Crippen molar-refractivity contribution in [3.63, 3.8) is 0 Å². The highest BCUT2D eigenvalue weighted by atomic mass is 16.6. The maximum Gasteiger partial charge on any atom is 0.326 e. The third-order valence-electron chi connectivity index (χ3n) is 11.6. The first-order valence-corrected chi connectivity index (χ1v) is 18.8. The van der Waals surface area contributed by atoms with Gasteiger partial charge in [0.25, 0.3) is 0 Å². The number of carbonyl (C=O) groups is 2. The highest BCUT2D eigenvalue weighted by Gasteiger charge is 2.54. The number of rotatable bonds is 13. The number of piperidine rings is 2. The van der Waals surface area contributed by atoms with E-state index in [4.69, 9.17) is 9.47 Å². The number of likely N-dealkylation sites (N-methyl/N-ethyl adjacent to an activating group) is 1. The minimum Gasteiger partial charge on any atom is -0.507 e. The zero-order chi connectivity index (χ0) is 36.4. The number of benzene rings is 1. The Labute approximate surface area is 293 Å². The molecular weight excluding hydrogens is 600 g/mol. The van der Waals surface area contributed by atoms with E-state index in [9.17, 15) is 14.7 Å². The van der Waals surface area contributed by atoms with Crippen LogP contribution in [0.15, 0.2) is 12.1 Å². The van der Waals surface area contributed by atoms with Crippen molar-refractivity contribution in [1.29, 1.82) is 0 Å². The number of aromatic hydroxyl groups is 1. The minimum atomic E-state index is -0.933. The van der Waals surface area contributed by atoms with Crippen LogP contribution in [0.5, 0.6) is 5.75 Å². The van der Waals surface area contributed by atoms with Gasteiger partial charge < -0.3 is 14.6 Å². The number of hydrogen-bond acceptors (Lipinski definition) is 7. The molecule has 0 saturated carbocycles. The molecule has 274 valence electrons. The fraction of sp³-hybridized carbons (Fsp3) is 0.805. The number of phenolic OH excluding ortho intramolecular Hbond substituents is 1. The number of esters is 2. The molecule has 1 aromatic carbocycles. The Bertz CT molecular complexity index is 1220. The Kier molecular flexibility index (Phi) is 12.9. The topological polar surface area (TPSA) is 79.3 Å². The predicted octanol–water partition coefficient (Wildman–Crippen LogP) is 8.51. The molecule has 2 heterocycles. The third kappa shape index (κ3) is 9.56. The second-order valence-corrected chi connectivity index (χ2v) is 18.2. The molecule has 2 aliphatic rings. The largest absolute Gasteiger partial charge is 0.507 e. The van der Waals surface area contributed by atoms with Crippen molar-refractivity contribution in [2.45, 2.75) is 182 Å². The molecule has 3 unspecified atom stereocenters. The number of ether oxygens (including phenoxy) is 2. The van der Waals surface area contributed by atoms with Gasteiger partial charge in [0.15, 0.2) is 0 Å². The summed E-state index contributed by atoms with van der Waals surface area (Å²) in [5.41, 5.74) is 1.50. The fourth-order valence-corrected chi connectivity index (χ4v) is 8.40. The number of nitrogens with zero attached hydrogens (tertiary/aromatic N) is 2. The van der Waals surface area contributed by atoms with Gasteiger partial charge in [-0.25, -0.2) is 0 Å². The van der Waals surface area contributed by atoms with Gasteiger partial charge in [0.1, 0.15) is 23.5 Å². The van der Waals surface area contributed by atoms with E-state index in [1.54, 1.807) is 0 Å². The normalized spacial score (nSPS) is 25.3. The first-order valence-electron chi connectivity index (χ1n) is 18.8. The lowest BCUT2D eigenvalue weighted by Crippen LogP contribution is -2.66. The highest BCUT2D eigenvalue weighted by Crippen LogP contribution is 2.43. The van der Waals surface area contributed by atoms with E-state index in [0.717, 1.165) is 61.6 Å². The molecule has 0 radical (unpaired) electrons. The van der Waals surface area contributed by atoms with Crippen LogP contribution >= 0.6 is 0 Å². The molecule has 2 fully saturated rings. The Morgan fingerprint density at radius 3 is 1.69 bits per heavy atom. The van der Waals surface area contributed by atoms with Gasteiger partial charge in [0.05, 0.1) is 5.92 Å². The first kappa shape index (κ1) is 40.3. The van der Waals surface area contributed by atoms with Crippen LogP contribution in [-0.4, -0.2) is 75.3 Å². The first-order chi connectivity index (χ1) is 22.0. The smallest absolute Gasteiger partial charge is 0.326 e. The zero-order valence-corrected chi connectivity index (χ0v) is 33.1. The van der Waals surface area contributed by atoms with Crippen molar-refractivity contribution in [2.24, 2.45) is 17.8 Å². The van der Waals surface area contributed by atoms with E-state index in [1.165, 1.54) is 0 Å². The summed E-state index contributed by atoms with van der Waals surface area (Å²) in [6.07, 6.45) is 6.83. The van der Waals surface area contributed by atoms with Crippen LogP contribution in [0.3, 0.4) is 0 Å². The quantitative estimate of drug-likeness (QED) is 0.211. The van der Waals surface area contributed by atoms with E-state index >= 15 is 0 Å². The Balaban J connectivity index is 1.84. The molecule has 48 heavy (non-hydrogen) atoms. The van der Waals surface area contributed by atoms with Crippen LogP contribution in [0.2, 0.25) is 0 Å². The Morgan fingerprint density at radius 2 is 1.23 bits per heavy atom. The minimum absolute atomic E-state index is 0.0977. The van der Waals surface area contributed by atoms with Crippen LogP contribution in [0.1, 0.15) is 145 Å². The lowest BCUT2D eigenvalue weighted by Gasteiger charge is -2.55. The van der Waals surface area contributed by atoms with Crippen LogP contribution in [-0.2, 0) is 38.3 Å². The molecule has 0 aromatic heterocycles. The summed E-state index contributed by atoms with van der Waals surface area (Å²) in [5, 5.41) is 11.1. The van der Waals surface area contributed by atoms with Crippen LogP contribution in [0, 0.1) is 17.8 Å². The molecule has 1 N–H and O–H groups in total. The number of phenols is 1. The van der Waals surface area contributed by atoms with Gasteiger partial charge in [0, 0.05) is 42.3 Å². The summed E-state index contributed by atoms with van der Waals surface area (Å²) in [4.78, 5) is 32.7. The second kappa shape index (κ2) is 15.4. The van der Waals surface area contributed by atoms with Crippen molar-refractivity contribution >= 4 is 11.9 Å². The van der Waals surface area contributed by atoms with Crippen molar-refractivity contribution in [3.05, 3.63) is 28.8 Å². The summed E-state index contributed by atoms with van der Waals surface area (Å²) in [6.45, 7) is 25.9. The summed E-state index contributed by atoms with van der Waals surface area (Å²) >= 11 is 0. The SMILES string of the molecule is CCCCC(Cc1cc(CC(C)C)c(O)c(CC(C)C)c1)C(=O)OC1CC(C)(C)N(C)C(C)(C(=O)OC2CC(C)(C)N(C)C(C)(C)C2)C1. The van der Waals surface area contributed by atoms with Crippen LogP contribution < -0.4 is 0 Å². The Hall–Kier alpha value is -2.12. The third-order valence-corrected chi connectivity index (χ3v) is 11.6. The van der Waals surface area contributed by atoms with Crippen molar-refractivity contribution in [1.82, 2.24) is 9.80 Å². The van der Waals surface area contributed by atoms with Gasteiger partial charge in [-0.2, -0.15) is 0 Å². The summed E-state index contributed by atoms with van der Waals surface area (Å²) < 4.78 is 12.8. The van der Waals surface area contributed by atoms with Crippen LogP contribution in [0.4, 0.5) is 0 Å². The van der Waals surface area contributed by atoms with Gasteiger partial charge >= 0.3 is 11.9 Å². The van der Waals surface area contributed by atoms with Gasteiger partial charge in [-0.15, -0.1) is 0 Å². The zero-order valence-electron chi connectivity index (χ0n) is 33.1. The molecule has 7 heteroatoms. The standard InChI is InChI=1S/C41H70N2O5/c1-15-16-17-30(20-29-21-31(18-27(2)3)35(44)32(22-29)19-28(4)5)36(45)47-34-25-40(10,11)43(14)41(12,26-34)37(46)48-33-23-38(6,7)42(13)39(8,9)24-33/h21-22,27-28,30,33-34,44H,15-20,23-26H2,1-14H3. The van der Waals surface area contributed by atoms with Crippen molar-refractivity contribution in [2.75, 3.05) is 14.1 Å². The molecule has 2 aliphatic heterocycles. The van der Waals surface area contributed by atoms with Crippen molar-refractivity contribution < 1.29 is 24.2 Å². The Morgan fingerprint density at radius 1 is 0.771 bits per heavy atom. The molecule has 3 rings (SSSR count). The molecule has 0 spiro atoms. The monoisotopic (exact) mass is 671 g/mol. The molecule has 2 saturated heterocycles. The molecular formula is C41H70N2O5. The van der Waals surface area contributed by atoms with Gasteiger partial charge in [-0.3, -0.25) is 19.4 Å². The molecule has 7 nitrogen and oxygen atoms in total. The van der Waals surface area contributed by atoms with E-state index in [2.05, 4.69) is 105 Å². The molecule has 0 amide bonds. The van der Waals surface area contributed by atoms with E-state index in [1.807, 2.05) is 14.0 Å². The van der Waals surface area contributed by atoms with Crippen molar-refractivity contribution in [3.8, 4) is 5.75 Å². The summed E-state index contributed by atoms with van der Waals surface area (Å²) in [5.74, 6) is 0.503. The highest BCUT2D eigenvalue weighted by molar-refractivity contribution is 5.81. The summed E-state index contributed by atoms with van der Waals surface area (Å²) in [6, 6.07) is 4.20. The number of hydrogen-bond donors (Lipinski definition) is 1. The molecule has 0 bridgehead atoms. The maximum absolute atomic E-state index is 14.1. The predicted molar refractivity (Wildman–Crippen MR) is 196 cm³/mol. The second-order valence-electron chi connectivity index (χ2n) is 18.2. The lowest BCUT2D eigenvalue weighted by atomic mass is 9.76. The molecule has 0 aliphatic carbocycles. The number of unbranched alkanes of at least 4 members (excludes halogenated alkanes) is 1. The van der Waals surface area contributed by atoms with Gasteiger partial charge in [-0.1, -0.05) is 59.6 Å². The molecule has 1 aromatic rings. The number of carbonyl (C=O) groups excluding carboxylic acids is 2. The van der Waals surface area contributed by atoms with Gasteiger partial charge in [-0.05, 0) is 117 Å². The lowest BCUT2D eigenvalue weighted by molar-refractivity contribution is -0.189. The number of likely N-dealkylation sites (tertiary alicyclic amines) is 2. The summed E-state index contributed by atoms with van der Waals surface area (Å²) in [7, 11) is 4.15.